The molecule has 0 fully saturated rings. The average Bonchev–Trinajstić information content (AvgIpc) is 2.20. The van der Waals surface area contributed by atoms with E-state index in [1.54, 1.807) is 6.08 Å². The van der Waals surface area contributed by atoms with Crippen molar-refractivity contribution in [2.75, 3.05) is 6.61 Å². The molecule has 0 amide bonds. The van der Waals surface area contributed by atoms with Crippen molar-refractivity contribution in [3.63, 3.8) is 0 Å². The van der Waals surface area contributed by atoms with E-state index in [0.717, 1.165) is 19.3 Å². The van der Waals surface area contributed by atoms with Gasteiger partial charge in [0.2, 0.25) is 0 Å². The minimum atomic E-state index is -1.41. The molecule has 0 unspecified atom stereocenters. The van der Waals surface area contributed by atoms with Crippen LogP contribution in [-0.2, 0) is 9.53 Å². The summed E-state index contributed by atoms with van der Waals surface area (Å²) in [6, 6.07) is 0. The van der Waals surface area contributed by atoms with E-state index in [1.165, 1.54) is 13.8 Å². The smallest absolute Gasteiger partial charge is 0.337 e. The van der Waals surface area contributed by atoms with Crippen LogP contribution in [0.4, 0.5) is 0 Å². The summed E-state index contributed by atoms with van der Waals surface area (Å²) in [6.07, 6.45) is 11.0. The van der Waals surface area contributed by atoms with Gasteiger partial charge in [-0.1, -0.05) is 31.2 Å². The third kappa shape index (κ3) is 8.24. The van der Waals surface area contributed by atoms with Crippen molar-refractivity contribution >= 4 is 5.97 Å². The molecule has 0 saturated heterocycles. The zero-order valence-corrected chi connectivity index (χ0v) is 10.4. The first-order chi connectivity index (χ1) is 7.48. The number of carbonyl (C=O) groups is 1. The van der Waals surface area contributed by atoms with Crippen LogP contribution in [0.1, 0.15) is 40.0 Å². The molecule has 0 saturated carbocycles. The molecule has 1 N–H and O–H groups in total. The van der Waals surface area contributed by atoms with Gasteiger partial charge in [0.05, 0.1) is 0 Å². The van der Waals surface area contributed by atoms with E-state index in [4.69, 9.17) is 4.74 Å². The topological polar surface area (TPSA) is 46.5 Å². The predicted octanol–water partition coefficient (Wildman–Crippen LogP) is 2.60. The summed E-state index contributed by atoms with van der Waals surface area (Å²) >= 11 is 0. The lowest BCUT2D eigenvalue weighted by Crippen LogP contribution is -2.33. The van der Waals surface area contributed by atoms with Crippen LogP contribution in [0.15, 0.2) is 24.3 Å². The van der Waals surface area contributed by atoms with Crippen LogP contribution >= 0.6 is 0 Å². The lowest BCUT2D eigenvalue weighted by molar-refractivity contribution is -0.160. The Labute approximate surface area is 97.8 Å². The number of ether oxygens (including phenoxy) is 1. The maximum atomic E-state index is 11.1. The minimum absolute atomic E-state index is 0.223. The lowest BCUT2D eigenvalue weighted by Gasteiger charge is -2.14. The molecule has 0 heterocycles. The third-order valence-electron chi connectivity index (χ3n) is 1.88. The van der Waals surface area contributed by atoms with Gasteiger partial charge in [0.15, 0.2) is 5.60 Å². The second-order valence-corrected chi connectivity index (χ2v) is 4.09. The van der Waals surface area contributed by atoms with Crippen molar-refractivity contribution in [2.45, 2.75) is 45.6 Å². The molecule has 0 bridgehead atoms. The number of allylic oxidation sites excluding steroid dienone is 3. The second-order valence-electron chi connectivity index (χ2n) is 4.09. The summed E-state index contributed by atoms with van der Waals surface area (Å²) in [5.74, 6) is -0.594. The Morgan fingerprint density at radius 3 is 2.25 bits per heavy atom. The third-order valence-corrected chi connectivity index (χ3v) is 1.88. The van der Waals surface area contributed by atoms with Crippen molar-refractivity contribution in [2.24, 2.45) is 0 Å². The molecule has 3 nitrogen and oxygen atoms in total. The van der Waals surface area contributed by atoms with E-state index < -0.39 is 11.6 Å². The number of rotatable bonds is 7. The molecule has 16 heavy (non-hydrogen) atoms. The van der Waals surface area contributed by atoms with Crippen LogP contribution in [0.3, 0.4) is 0 Å². The molecular weight excluding hydrogens is 204 g/mol. The van der Waals surface area contributed by atoms with Crippen LogP contribution in [0.2, 0.25) is 0 Å². The summed E-state index contributed by atoms with van der Waals surface area (Å²) in [7, 11) is 0. The van der Waals surface area contributed by atoms with E-state index in [9.17, 15) is 9.90 Å². The van der Waals surface area contributed by atoms with Crippen molar-refractivity contribution in [3.8, 4) is 0 Å². The molecule has 0 aromatic carbocycles. The zero-order valence-electron chi connectivity index (χ0n) is 10.4. The maximum Gasteiger partial charge on any atom is 0.337 e. The van der Waals surface area contributed by atoms with Gasteiger partial charge in [-0.05, 0) is 33.1 Å². The van der Waals surface area contributed by atoms with E-state index in [-0.39, 0.29) is 6.61 Å². The van der Waals surface area contributed by atoms with Crippen molar-refractivity contribution < 1.29 is 14.6 Å². The molecule has 0 atom stereocenters. The van der Waals surface area contributed by atoms with Gasteiger partial charge in [-0.25, -0.2) is 4.79 Å². The summed E-state index contributed by atoms with van der Waals surface area (Å²) < 4.78 is 4.84. The molecule has 0 aromatic rings. The molecule has 0 aliphatic rings. The van der Waals surface area contributed by atoms with Gasteiger partial charge < -0.3 is 9.84 Å². The largest absolute Gasteiger partial charge is 0.459 e. The quantitative estimate of drug-likeness (QED) is 0.412. The standard InChI is InChI=1S/C13H22O3/c1-4-5-6-7-8-9-10-11-16-12(14)13(2,3)15/h5-6,9-10,15H,4,7-8,11H2,1-3H3. The van der Waals surface area contributed by atoms with Crippen molar-refractivity contribution in [1.82, 2.24) is 0 Å². The minimum Gasteiger partial charge on any atom is -0.459 e. The summed E-state index contributed by atoms with van der Waals surface area (Å²) in [5, 5.41) is 9.28. The highest BCUT2D eigenvalue weighted by Gasteiger charge is 2.24. The molecule has 92 valence electrons. The number of hydrogen-bond acceptors (Lipinski definition) is 3. The highest BCUT2D eigenvalue weighted by atomic mass is 16.5. The van der Waals surface area contributed by atoms with Gasteiger partial charge in [-0.2, -0.15) is 0 Å². The van der Waals surface area contributed by atoms with E-state index in [0.29, 0.717) is 0 Å². The first kappa shape index (κ1) is 14.9. The van der Waals surface area contributed by atoms with Gasteiger partial charge in [-0.15, -0.1) is 0 Å². The summed E-state index contributed by atoms with van der Waals surface area (Å²) in [6.45, 7) is 5.14. The molecule has 3 heteroatoms. The van der Waals surface area contributed by atoms with Gasteiger partial charge >= 0.3 is 5.97 Å². The molecule has 0 aliphatic carbocycles. The SMILES string of the molecule is CCC=CCCC=CCOC(=O)C(C)(C)O. The first-order valence-electron chi connectivity index (χ1n) is 5.68. The Morgan fingerprint density at radius 1 is 1.19 bits per heavy atom. The number of hydrogen-bond donors (Lipinski definition) is 1. The Kier molecular flexibility index (Phi) is 7.56. The molecule has 0 aliphatic heterocycles. The second kappa shape index (κ2) is 8.11. The number of carbonyl (C=O) groups excluding carboxylic acids is 1. The van der Waals surface area contributed by atoms with E-state index in [2.05, 4.69) is 19.1 Å². The van der Waals surface area contributed by atoms with Crippen molar-refractivity contribution in [3.05, 3.63) is 24.3 Å². The van der Waals surface area contributed by atoms with Crippen LogP contribution in [-0.4, -0.2) is 23.3 Å². The molecule has 0 radical (unpaired) electrons. The number of unbranched alkanes of at least 4 members (excludes halogenated alkanes) is 1. The summed E-state index contributed by atoms with van der Waals surface area (Å²) in [5.41, 5.74) is -1.41. The fraction of sp³-hybridized carbons (Fsp3) is 0.615. The van der Waals surface area contributed by atoms with Crippen LogP contribution in [0.25, 0.3) is 0 Å². The lowest BCUT2D eigenvalue weighted by atomic mass is 10.1. The molecule has 0 rings (SSSR count). The van der Waals surface area contributed by atoms with Crippen molar-refractivity contribution in [1.29, 1.82) is 0 Å². The monoisotopic (exact) mass is 226 g/mol. The van der Waals surface area contributed by atoms with Crippen LogP contribution in [0, 0.1) is 0 Å². The first-order valence-corrected chi connectivity index (χ1v) is 5.68. The summed E-state index contributed by atoms with van der Waals surface area (Å²) in [4.78, 5) is 11.1. The Bertz CT molecular complexity index is 246. The Hall–Kier alpha value is -1.09. The van der Waals surface area contributed by atoms with Crippen LogP contribution < -0.4 is 0 Å². The van der Waals surface area contributed by atoms with Gasteiger partial charge in [0.1, 0.15) is 6.61 Å². The van der Waals surface area contributed by atoms with E-state index >= 15 is 0 Å². The maximum absolute atomic E-state index is 11.1. The Balaban J connectivity index is 3.55. The van der Waals surface area contributed by atoms with Crippen LogP contribution in [0.5, 0.6) is 0 Å². The molecule has 0 spiro atoms. The molecular formula is C13H22O3. The zero-order chi connectivity index (χ0) is 12.4. The highest BCUT2D eigenvalue weighted by Crippen LogP contribution is 2.03. The number of esters is 1. The van der Waals surface area contributed by atoms with Gasteiger partial charge in [-0.3, -0.25) is 0 Å². The molecule has 0 aromatic heterocycles. The predicted molar refractivity (Wildman–Crippen MR) is 65.1 cm³/mol. The Morgan fingerprint density at radius 2 is 1.75 bits per heavy atom. The van der Waals surface area contributed by atoms with E-state index in [1.807, 2.05) is 6.08 Å². The fourth-order valence-electron chi connectivity index (χ4n) is 0.963. The highest BCUT2D eigenvalue weighted by molar-refractivity contribution is 5.78. The normalized spacial score (nSPS) is 12.5. The average molecular weight is 226 g/mol. The number of aliphatic hydroxyl groups is 1. The fourth-order valence-corrected chi connectivity index (χ4v) is 0.963. The van der Waals surface area contributed by atoms with Gasteiger partial charge in [0.25, 0.3) is 0 Å². The van der Waals surface area contributed by atoms with Gasteiger partial charge in [0, 0.05) is 0 Å².